The van der Waals surface area contributed by atoms with E-state index in [9.17, 15) is 4.79 Å². The van der Waals surface area contributed by atoms with E-state index in [1.165, 1.54) is 4.68 Å². The third-order valence-corrected chi connectivity index (χ3v) is 3.58. The van der Waals surface area contributed by atoms with Crippen LogP contribution in [-0.4, -0.2) is 49.1 Å². The predicted molar refractivity (Wildman–Crippen MR) is 85.2 cm³/mol. The Labute approximate surface area is 135 Å². The maximum Gasteiger partial charge on any atom is 0.242 e. The number of hydrogen-bond donors (Lipinski definition) is 1. The van der Waals surface area contributed by atoms with E-state index in [-0.39, 0.29) is 12.5 Å². The first-order valence-corrected chi connectivity index (χ1v) is 7.60. The number of carbonyl (C=O) groups is 1. The lowest BCUT2D eigenvalue weighted by molar-refractivity contribution is -0.122. The molecule has 1 N–H and O–H groups in total. The third kappa shape index (κ3) is 5.10. The molecule has 23 heavy (non-hydrogen) atoms. The first-order valence-electron chi connectivity index (χ1n) is 7.60. The smallest absolute Gasteiger partial charge is 0.242 e. The normalized spacial score (nSPS) is 11.2. The van der Waals surface area contributed by atoms with E-state index in [4.69, 9.17) is 0 Å². The lowest BCUT2D eigenvalue weighted by Gasteiger charge is -2.19. The number of pyridine rings is 1. The van der Waals surface area contributed by atoms with Crippen LogP contribution in [0.4, 0.5) is 0 Å². The Balaban J connectivity index is 1.89. The van der Waals surface area contributed by atoms with Crippen molar-refractivity contribution in [2.24, 2.45) is 0 Å². The summed E-state index contributed by atoms with van der Waals surface area (Å²) in [6.07, 6.45) is 0. The summed E-state index contributed by atoms with van der Waals surface area (Å²) in [5, 5.41) is 14.4. The van der Waals surface area contributed by atoms with Crippen molar-refractivity contribution < 1.29 is 4.79 Å². The van der Waals surface area contributed by atoms with Crippen LogP contribution in [0.5, 0.6) is 0 Å². The molecule has 0 fully saturated rings. The zero-order valence-electron chi connectivity index (χ0n) is 14.0. The van der Waals surface area contributed by atoms with E-state index in [1.807, 2.05) is 32.2 Å². The topological polar surface area (TPSA) is 88.8 Å². The molecule has 2 aromatic heterocycles. The fourth-order valence-corrected chi connectivity index (χ4v) is 1.94. The molecule has 0 aromatic carbocycles. The average Bonchev–Trinajstić information content (AvgIpc) is 2.92. The highest BCUT2D eigenvalue weighted by molar-refractivity contribution is 5.75. The molecule has 0 saturated heterocycles. The number of aromatic nitrogens is 5. The monoisotopic (exact) mass is 317 g/mol. The molecule has 0 aliphatic rings. The van der Waals surface area contributed by atoms with Gasteiger partial charge in [-0.1, -0.05) is 6.07 Å². The highest BCUT2D eigenvalue weighted by Gasteiger charge is 2.13. The van der Waals surface area contributed by atoms with Crippen LogP contribution in [0.25, 0.3) is 0 Å². The minimum absolute atomic E-state index is 0.0973. The van der Waals surface area contributed by atoms with Crippen molar-refractivity contribution in [2.75, 3.05) is 7.05 Å². The van der Waals surface area contributed by atoms with Crippen LogP contribution in [0.15, 0.2) is 18.2 Å². The predicted octanol–water partition coefficient (Wildman–Crippen LogP) is 0.533. The Morgan fingerprint density at radius 2 is 2.17 bits per heavy atom. The quantitative estimate of drug-likeness (QED) is 0.801. The maximum absolute atomic E-state index is 12.1. The number of hydrogen-bond acceptors (Lipinski definition) is 6. The van der Waals surface area contributed by atoms with Gasteiger partial charge >= 0.3 is 0 Å². The van der Waals surface area contributed by atoms with Crippen molar-refractivity contribution >= 4 is 5.91 Å². The summed E-state index contributed by atoms with van der Waals surface area (Å²) in [5.74, 6) is 0.527. The highest BCUT2D eigenvalue weighted by atomic mass is 16.2. The molecule has 0 unspecified atom stereocenters. The SMILES string of the molecule is Cc1cccc(CNC(=O)Cn2nnnc2CN(C)C(C)C)n1. The second-order valence-electron chi connectivity index (χ2n) is 5.81. The molecule has 0 bridgehead atoms. The highest BCUT2D eigenvalue weighted by Crippen LogP contribution is 2.02. The molecule has 1 amide bonds. The van der Waals surface area contributed by atoms with Gasteiger partial charge in [-0.3, -0.25) is 14.7 Å². The lowest BCUT2D eigenvalue weighted by Crippen LogP contribution is -2.31. The Morgan fingerprint density at radius 3 is 2.87 bits per heavy atom. The zero-order chi connectivity index (χ0) is 16.8. The average molecular weight is 317 g/mol. The van der Waals surface area contributed by atoms with Gasteiger partial charge in [-0.15, -0.1) is 5.10 Å². The van der Waals surface area contributed by atoms with Crippen molar-refractivity contribution in [3.63, 3.8) is 0 Å². The Morgan fingerprint density at radius 1 is 1.39 bits per heavy atom. The molecule has 0 aliphatic carbocycles. The van der Waals surface area contributed by atoms with Gasteiger partial charge in [0.05, 0.1) is 18.8 Å². The Kier molecular flexibility index (Phi) is 5.75. The van der Waals surface area contributed by atoms with Crippen LogP contribution in [0.1, 0.15) is 31.1 Å². The zero-order valence-corrected chi connectivity index (χ0v) is 14.0. The lowest BCUT2D eigenvalue weighted by atomic mass is 10.3. The number of nitrogens with one attached hydrogen (secondary N) is 1. The van der Waals surface area contributed by atoms with Crippen LogP contribution < -0.4 is 5.32 Å². The van der Waals surface area contributed by atoms with Crippen molar-refractivity contribution in [3.05, 3.63) is 35.4 Å². The van der Waals surface area contributed by atoms with Crippen LogP contribution in [0.2, 0.25) is 0 Å². The molecule has 0 spiro atoms. The molecule has 0 aliphatic heterocycles. The number of carbonyl (C=O) groups excluding carboxylic acids is 1. The summed E-state index contributed by atoms with van der Waals surface area (Å²) >= 11 is 0. The van der Waals surface area contributed by atoms with E-state index in [2.05, 4.69) is 44.6 Å². The van der Waals surface area contributed by atoms with Gasteiger partial charge in [0.1, 0.15) is 6.54 Å². The summed E-state index contributed by atoms with van der Waals surface area (Å²) in [7, 11) is 1.99. The minimum atomic E-state index is -0.144. The van der Waals surface area contributed by atoms with Gasteiger partial charge in [-0.25, -0.2) is 4.68 Å². The number of rotatable bonds is 7. The fraction of sp³-hybridized carbons (Fsp3) is 0.533. The van der Waals surface area contributed by atoms with Gasteiger partial charge in [-0.05, 0) is 50.4 Å². The molecule has 2 rings (SSSR count). The van der Waals surface area contributed by atoms with Crippen molar-refractivity contribution in [1.82, 2.24) is 35.4 Å². The van der Waals surface area contributed by atoms with E-state index in [0.717, 1.165) is 11.4 Å². The third-order valence-electron chi connectivity index (χ3n) is 3.58. The second-order valence-corrected chi connectivity index (χ2v) is 5.81. The van der Waals surface area contributed by atoms with Crippen molar-refractivity contribution in [2.45, 2.75) is 46.4 Å². The van der Waals surface area contributed by atoms with Crippen LogP contribution >= 0.6 is 0 Å². The largest absolute Gasteiger partial charge is 0.349 e. The summed E-state index contributed by atoms with van der Waals surface area (Å²) in [6, 6.07) is 6.10. The molecule has 124 valence electrons. The molecule has 0 saturated carbocycles. The molecule has 8 heteroatoms. The number of amides is 1. The van der Waals surface area contributed by atoms with E-state index >= 15 is 0 Å². The van der Waals surface area contributed by atoms with Gasteiger partial charge in [0.25, 0.3) is 0 Å². The van der Waals surface area contributed by atoms with Gasteiger partial charge in [0.2, 0.25) is 5.91 Å². The van der Waals surface area contributed by atoms with Crippen LogP contribution in [0.3, 0.4) is 0 Å². The first-order chi connectivity index (χ1) is 11.0. The van der Waals surface area contributed by atoms with Crippen molar-refractivity contribution in [3.8, 4) is 0 Å². The van der Waals surface area contributed by atoms with E-state index in [0.29, 0.717) is 25.0 Å². The molecular weight excluding hydrogens is 294 g/mol. The van der Waals surface area contributed by atoms with Gasteiger partial charge in [-0.2, -0.15) is 0 Å². The number of tetrazole rings is 1. The van der Waals surface area contributed by atoms with Crippen LogP contribution in [0, 0.1) is 6.92 Å². The summed E-state index contributed by atoms with van der Waals surface area (Å²) in [4.78, 5) is 18.5. The second kappa shape index (κ2) is 7.77. The summed E-state index contributed by atoms with van der Waals surface area (Å²) < 4.78 is 1.53. The van der Waals surface area contributed by atoms with E-state index < -0.39 is 0 Å². The number of nitrogens with zero attached hydrogens (tertiary/aromatic N) is 6. The van der Waals surface area contributed by atoms with Gasteiger partial charge in [0, 0.05) is 11.7 Å². The van der Waals surface area contributed by atoms with Crippen molar-refractivity contribution in [1.29, 1.82) is 0 Å². The van der Waals surface area contributed by atoms with Gasteiger partial charge in [0.15, 0.2) is 5.82 Å². The summed E-state index contributed by atoms with van der Waals surface area (Å²) in [6.45, 7) is 7.19. The van der Waals surface area contributed by atoms with E-state index in [1.54, 1.807) is 0 Å². The molecule has 2 heterocycles. The Bertz CT molecular complexity index is 653. The molecule has 2 aromatic rings. The Hall–Kier alpha value is -2.35. The standard InChI is InChI=1S/C15H23N7O/c1-11(2)21(4)9-14-18-19-20-22(14)10-15(23)16-8-13-7-5-6-12(3)17-13/h5-7,11H,8-10H2,1-4H3,(H,16,23). The maximum atomic E-state index is 12.1. The van der Waals surface area contributed by atoms with Gasteiger partial charge < -0.3 is 5.32 Å². The molecule has 0 radical (unpaired) electrons. The fourth-order valence-electron chi connectivity index (χ4n) is 1.94. The molecule has 8 nitrogen and oxygen atoms in total. The van der Waals surface area contributed by atoms with Crippen LogP contribution in [-0.2, 0) is 24.4 Å². The number of aryl methyl sites for hydroxylation is 1. The first kappa shape index (κ1) is 17.0. The molecular formula is C15H23N7O. The summed E-state index contributed by atoms with van der Waals surface area (Å²) in [5.41, 5.74) is 1.76. The minimum Gasteiger partial charge on any atom is -0.349 e. The molecule has 0 atom stereocenters.